The molecule has 8 nitrogen and oxygen atoms in total. The summed E-state index contributed by atoms with van der Waals surface area (Å²) in [5, 5.41) is 0.153. The maximum atomic E-state index is 12.6. The highest BCUT2D eigenvalue weighted by atomic mass is 35.5. The lowest BCUT2D eigenvalue weighted by Gasteiger charge is -2.11. The number of aromatic nitrogens is 1. The van der Waals surface area contributed by atoms with Gasteiger partial charge in [0.25, 0.3) is 0 Å². The second-order valence-corrected chi connectivity index (χ2v) is 6.33. The van der Waals surface area contributed by atoms with Crippen molar-refractivity contribution in [1.29, 1.82) is 0 Å². The van der Waals surface area contributed by atoms with Gasteiger partial charge in [0, 0.05) is 17.5 Å². The maximum Gasteiger partial charge on any atom is 0.342 e. The highest BCUT2D eigenvalue weighted by Gasteiger charge is 2.26. The summed E-state index contributed by atoms with van der Waals surface area (Å²) in [6, 6.07) is 2.69. The van der Waals surface area contributed by atoms with Crippen molar-refractivity contribution >= 4 is 35.0 Å². The molecule has 28 heavy (non-hydrogen) atoms. The largest absolute Gasteiger partial charge is 0.496 e. The molecule has 1 aromatic heterocycles. The van der Waals surface area contributed by atoms with Crippen LogP contribution in [0.5, 0.6) is 5.75 Å². The molecule has 0 saturated carbocycles. The van der Waals surface area contributed by atoms with Gasteiger partial charge in [-0.25, -0.2) is 9.59 Å². The minimum atomic E-state index is -0.810. The molecule has 0 bridgehead atoms. The fourth-order valence-corrected chi connectivity index (χ4v) is 2.93. The number of Topliss-reactive ketones (excluding diaryl/α,β-unsaturated/α-hetero) is 1. The second-order valence-electron chi connectivity index (χ2n) is 5.92. The van der Waals surface area contributed by atoms with E-state index in [1.54, 1.807) is 20.8 Å². The van der Waals surface area contributed by atoms with E-state index in [4.69, 9.17) is 31.5 Å². The molecule has 0 fully saturated rings. The summed E-state index contributed by atoms with van der Waals surface area (Å²) < 4.78 is 15.2. The Kier molecular flexibility index (Phi) is 6.69. The number of carbonyl (C=O) groups is 3. The summed E-state index contributed by atoms with van der Waals surface area (Å²) in [6.07, 6.45) is 0. The van der Waals surface area contributed by atoms with Crippen LogP contribution in [0.2, 0.25) is 5.02 Å². The molecule has 0 amide bonds. The lowest BCUT2D eigenvalue weighted by atomic mass is 10.1. The SMILES string of the molecule is CCOC(=O)c1c(C)[nH]c(C)c1C(=O)COC(=O)c1cc(Cl)c(N)cc1OC. The summed E-state index contributed by atoms with van der Waals surface area (Å²) in [5.41, 5.74) is 7.20. The zero-order valence-electron chi connectivity index (χ0n) is 16.0. The first-order chi connectivity index (χ1) is 13.2. The normalized spacial score (nSPS) is 10.5. The number of hydrogen-bond donors (Lipinski definition) is 2. The number of ether oxygens (including phenoxy) is 3. The fraction of sp³-hybridized carbons (Fsp3) is 0.316. The Bertz CT molecular complexity index is 935. The summed E-state index contributed by atoms with van der Waals surface area (Å²) >= 11 is 5.94. The topological polar surface area (TPSA) is 121 Å². The monoisotopic (exact) mass is 408 g/mol. The van der Waals surface area contributed by atoms with Crippen LogP contribution in [0, 0.1) is 13.8 Å². The molecule has 0 radical (unpaired) electrons. The van der Waals surface area contributed by atoms with Gasteiger partial charge in [-0.2, -0.15) is 0 Å². The van der Waals surface area contributed by atoms with Crippen LogP contribution in [0.1, 0.15) is 49.4 Å². The molecule has 0 atom stereocenters. The molecule has 9 heteroatoms. The van der Waals surface area contributed by atoms with Gasteiger partial charge in [-0.1, -0.05) is 11.6 Å². The third-order valence-corrected chi connectivity index (χ3v) is 4.33. The van der Waals surface area contributed by atoms with Crippen LogP contribution in [0.4, 0.5) is 5.69 Å². The number of rotatable bonds is 7. The lowest BCUT2D eigenvalue weighted by Crippen LogP contribution is -2.18. The number of benzene rings is 1. The molecular formula is C19H21ClN2O6. The van der Waals surface area contributed by atoms with Crippen molar-refractivity contribution in [3.8, 4) is 5.75 Å². The van der Waals surface area contributed by atoms with Crippen LogP contribution in [-0.2, 0) is 9.47 Å². The van der Waals surface area contributed by atoms with E-state index in [0.717, 1.165) is 0 Å². The standard InChI is InChI=1S/C19H21ClN2O6/c1-5-27-19(25)17-10(3)22-9(2)16(17)14(23)8-28-18(24)11-6-12(20)13(21)7-15(11)26-4/h6-7,22H,5,8,21H2,1-4H3. The zero-order valence-corrected chi connectivity index (χ0v) is 16.7. The number of esters is 2. The summed E-state index contributed by atoms with van der Waals surface area (Å²) in [5.74, 6) is -1.81. The first-order valence-corrected chi connectivity index (χ1v) is 8.78. The molecular weight excluding hydrogens is 388 g/mol. The molecule has 2 aromatic rings. The van der Waals surface area contributed by atoms with Gasteiger partial charge in [-0.15, -0.1) is 0 Å². The van der Waals surface area contributed by atoms with Gasteiger partial charge in [0.15, 0.2) is 6.61 Å². The van der Waals surface area contributed by atoms with E-state index in [0.29, 0.717) is 11.4 Å². The number of aromatic amines is 1. The van der Waals surface area contributed by atoms with Crippen molar-refractivity contribution in [3.63, 3.8) is 0 Å². The van der Waals surface area contributed by atoms with E-state index in [9.17, 15) is 14.4 Å². The van der Waals surface area contributed by atoms with Gasteiger partial charge >= 0.3 is 11.9 Å². The number of aryl methyl sites for hydroxylation is 2. The Morgan fingerprint density at radius 3 is 2.32 bits per heavy atom. The molecule has 0 aliphatic carbocycles. The molecule has 0 spiro atoms. The quantitative estimate of drug-likeness (QED) is 0.410. The number of nitrogen functional groups attached to an aromatic ring is 1. The lowest BCUT2D eigenvalue weighted by molar-refractivity contribution is 0.0469. The van der Waals surface area contributed by atoms with Crippen molar-refractivity contribution in [2.75, 3.05) is 26.1 Å². The van der Waals surface area contributed by atoms with Gasteiger partial charge in [-0.3, -0.25) is 4.79 Å². The Hall–Kier alpha value is -3.00. The Labute approximate surface area is 166 Å². The van der Waals surface area contributed by atoms with Crippen LogP contribution < -0.4 is 10.5 Å². The summed E-state index contributed by atoms with van der Waals surface area (Å²) in [4.78, 5) is 40.1. The van der Waals surface area contributed by atoms with Crippen LogP contribution in [0.15, 0.2) is 12.1 Å². The third kappa shape index (κ3) is 4.28. The van der Waals surface area contributed by atoms with Gasteiger partial charge in [0.05, 0.1) is 35.6 Å². The van der Waals surface area contributed by atoms with Gasteiger partial charge in [0.2, 0.25) is 5.78 Å². The number of carbonyl (C=O) groups excluding carboxylic acids is 3. The Balaban J connectivity index is 2.23. The fourth-order valence-electron chi connectivity index (χ4n) is 2.77. The van der Waals surface area contributed by atoms with Crippen LogP contribution in [-0.4, -0.2) is 43.0 Å². The van der Waals surface area contributed by atoms with Crippen molar-refractivity contribution in [1.82, 2.24) is 4.98 Å². The molecule has 0 aliphatic heterocycles. The van der Waals surface area contributed by atoms with Crippen molar-refractivity contribution < 1.29 is 28.6 Å². The van der Waals surface area contributed by atoms with Crippen molar-refractivity contribution in [3.05, 3.63) is 45.2 Å². The van der Waals surface area contributed by atoms with E-state index in [1.807, 2.05) is 0 Å². The highest BCUT2D eigenvalue weighted by molar-refractivity contribution is 6.33. The molecule has 0 unspecified atom stereocenters. The second kappa shape index (κ2) is 8.79. The molecule has 0 aliphatic rings. The number of nitrogens with one attached hydrogen (secondary N) is 1. The average Bonchev–Trinajstić information content (AvgIpc) is 2.95. The molecule has 150 valence electrons. The molecule has 0 saturated heterocycles. The Morgan fingerprint density at radius 1 is 1.07 bits per heavy atom. The smallest absolute Gasteiger partial charge is 0.342 e. The van der Waals surface area contributed by atoms with E-state index < -0.39 is 24.3 Å². The average molecular weight is 409 g/mol. The minimum Gasteiger partial charge on any atom is -0.496 e. The number of H-pyrrole nitrogens is 1. The number of nitrogens with two attached hydrogens (primary N) is 1. The zero-order chi connectivity index (χ0) is 21.0. The van der Waals surface area contributed by atoms with E-state index >= 15 is 0 Å². The number of methoxy groups -OCH3 is 1. The van der Waals surface area contributed by atoms with Crippen molar-refractivity contribution in [2.24, 2.45) is 0 Å². The molecule has 1 aromatic carbocycles. The van der Waals surface area contributed by atoms with E-state index in [1.165, 1.54) is 19.2 Å². The summed E-state index contributed by atoms with van der Waals surface area (Å²) in [6.45, 7) is 4.56. The molecule has 3 N–H and O–H groups in total. The van der Waals surface area contributed by atoms with Gasteiger partial charge in [0.1, 0.15) is 11.3 Å². The number of anilines is 1. The number of ketones is 1. The minimum absolute atomic E-state index is 0.0297. The van der Waals surface area contributed by atoms with Crippen LogP contribution >= 0.6 is 11.6 Å². The van der Waals surface area contributed by atoms with Crippen LogP contribution in [0.3, 0.4) is 0 Å². The Morgan fingerprint density at radius 2 is 1.71 bits per heavy atom. The molecule has 1 heterocycles. The van der Waals surface area contributed by atoms with Gasteiger partial charge < -0.3 is 24.9 Å². The third-order valence-electron chi connectivity index (χ3n) is 4.01. The van der Waals surface area contributed by atoms with E-state index in [2.05, 4.69) is 4.98 Å². The first-order valence-electron chi connectivity index (χ1n) is 8.40. The molecule has 2 rings (SSSR count). The maximum absolute atomic E-state index is 12.6. The summed E-state index contributed by atoms with van der Waals surface area (Å²) in [7, 11) is 1.36. The number of hydrogen-bond acceptors (Lipinski definition) is 7. The highest BCUT2D eigenvalue weighted by Crippen LogP contribution is 2.29. The number of halogens is 1. The predicted octanol–water partition coefficient (Wildman–Crippen LogP) is 3.09. The van der Waals surface area contributed by atoms with Gasteiger partial charge in [-0.05, 0) is 26.8 Å². The van der Waals surface area contributed by atoms with Crippen LogP contribution in [0.25, 0.3) is 0 Å². The van der Waals surface area contributed by atoms with Crippen molar-refractivity contribution in [2.45, 2.75) is 20.8 Å². The van der Waals surface area contributed by atoms with E-state index in [-0.39, 0.29) is 39.8 Å². The predicted molar refractivity (Wildman–Crippen MR) is 103 cm³/mol. The first kappa shape index (κ1) is 21.3.